The van der Waals surface area contributed by atoms with Gasteiger partial charge in [-0.3, -0.25) is 4.90 Å². The van der Waals surface area contributed by atoms with E-state index in [1.807, 2.05) is 6.08 Å². The molecule has 0 N–H and O–H groups in total. The van der Waals surface area contributed by atoms with Crippen molar-refractivity contribution in [3.05, 3.63) is 11.5 Å². The molecular weight excluding hydrogens is 198 g/mol. The third-order valence-corrected chi connectivity index (χ3v) is 4.40. The Morgan fingerprint density at radius 2 is 1.71 bits per heavy atom. The van der Waals surface area contributed by atoms with Gasteiger partial charge >= 0.3 is 0 Å². The summed E-state index contributed by atoms with van der Waals surface area (Å²) in [4.78, 5) is 2.31. The number of sulfone groups is 1. The quantitative estimate of drug-likeness (QED) is 0.659. The molecule has 2 aliphatic heterocycles. The van der Waals surface area contributed by atoms with Crippen molar-refractivity contribution in [2.24, 2.45) is 0 Å². The first kappa shape index (κ1) is 10.2. The maximum Gasteiger partial charge on any atom is 0.173 e. The van der Waals surface area contributed by atoms with E-state index >= 15 is 0 Å². The summed E-state index contributed by atoms with van der Waals surface area (Å²) < 4.78 is 22.5. The van der Waals surface area contributed by atoms with Crippen molar-refractivity contribution in [3.63, 3.8) is 0 Å². The third-order valence-electron chi connectivity index (χ3n) is 3.02. The molecule has 0 aromatic carbocycles. The molecule has 0 aromatic rings. The standard InChI is InChI=1S/C10H17NO2S/c12-14(13)8-5-10(9-14)11-6-3-1-2-4-7-11/h5,8,10H,1-4,6-7,9H2/t10-/m1/s1. The molecule has 1 fully saturated rings. The molecular formula is C10H17NO2S. The molecule has 0 saturated carbocycles. The van der Waals surface area contributed by atoms with Crippen molar-refractivity contribution < 1.29 is 8.42 Å². The number of hydrogen-bond donors (Lipinski definition) is 0. The topological polar surface area (TPSA) is 37.4 Å². The zero-order valence-corrected chi connectivity index (χ0v) is 9.17. The van der Waals surface area contributed by atoms with Gasteiger partial charge in [0.2, 0.25) is 0 Å². The minimum Gasteiger partial charge on any atom is -0.296 e. The number of rotatable bonds is 1. The van der Waals surface area contributed by atoms with Gasteiger partial charge in [0.1, 0.15) is 0 Å². The van der Waals surface area contributed by atoms with Gasteiger partial charge in [0.15, 0.2) is 9.84 Å². The van der Waals surface area contributed by atoms with Crippen LogP contribution in [0.3, 0.4) is 0 Å². The lowest BCUT2D eigenvalue weighted by atomic mass is 10.2. The smallest absolute Gasteiger partial charge is 0.173 e. The summed E-state index contributed by atoms with van der Waals surface area (Å²) in [6, 6.07) is 0.151. The molecule has 2 heterocycles. The molecule has 3 nitrogen and oxygen atoms in total. The first-order valence-corrected chi connectivity index (χ1v) is 7.04. The highest BCUT2D eigenvalue weighted by Gasteiger charge is 2.26. The third kappa shape index (κ3) is 2.36. The molecule has 14 heavy (non-hydrogen) atoms. The maximum atomic E-state index is 11.3. The second-order valence-electron chi connectivity index (χ2n) is 4.18. The number of nitrogens with zero attached hydrogens (tertiary/aromatic N) is 1. The Morgan fingerprint density at radius 1 is 1.07 bits per heavy atom. The highest BCUT2D eigenvalue weighted by atomic mass is 32.2. The Labute approximate surface area is 85.7 Å². The van der Waals surface area contributed by atoms with Crippen molar-refractivity contribution in [2.45, 2.75) is 31.7 Å². The van der Waals surface area contributed by atoms with E-state index in [1.54, 1.807) is 0 Å². The summed E-state index contributed by atoms with van der Waals surface area (Å²) in [7, 11) is -2.88. The fourth-order valence-electron chi connectivity index (χ4n) is 2.21. The molecule has 2 rings (SSSR count). The van der Waals surface area contributed by atoms with Crippen LogP contribution in [0.15, 0.2) is 11.5 Å². The van der Waals surface area contributed by atoms with Gasteiger partial charge in [0.05, 0.1) is 5.75 Å². The molecule has 80 valence electrons. The lowest BCUT2D eigenvalue weighted by Crippen LogP contribution is -2.36. The summed E-state index contributed by atoms with van der Waals surface area (Å²) in [5, 5.41) is 1.38. The Morgan fingerprint density at radius 3 is 2.21 bits per heavy atom. The normalized spacial score (nSPS) is 33.0. The average Bonchev–Trinajstić information content (AvgIpc) is 2.42. The molecule has 0 aromatic heterocycles. The van der Waals surface area contributed by atoms with Gasteiger partial charge < -0.3 is 0 Å². The number of likely N-dealkylation sites (tertiary alicyclic amines) is 1. The van der Waals surface area contributed by atoms with Crippen LogP contribution < -0.4 is 0 Å². The highest BCUT2D eigenvalue weighted by Crippen LogP contribution is 2.18. The average molecular weight is 215 g/mol. The molecule has 0 radical (unpaired) electrons. The van der Waals surface area contributed by atoms with E-state index in [4.69, 9.17) is 0 Å². The SMILES string of the molecule is O=S1(=O)C=C[C@@H](N2CCCCCC2)C1. The van der Waals surface area contributed by atoms with Crippen molar-refractivity contribution in [1.82, 2.24) is 4.90 Å². The monoisotopic (exact) mass is 215 g/mol. The van der Waals surface area contributed by atoms with E-state index in [2.05, 4.69) is 4.90 Å². The lowest BCUT2D eigenvalue weighted by Gasteiger charge is -2.24. The van der Waals surface area contributed by atoms with Gasteiger partial charge in [-0.25, -0.2) is 8.42 Å². The lowest BCUT2D eigenvalue weighted by molar-refractivity contribution is 0.255. The Balaban J connectivity index is 1.99. The minimum absolute atomic E-state index is 0.151. The van der Waals surface area contributed by atoms with Crippen molar-refractivity contribution in [1.29, 1.82) is 0 Å². The number of hydrogen-bond acceptors (Lipinski definition) is 3. The van der Waals surface area contributed by atoms with Crippen LogP contribution in [0.25, 0.3) is 0 Å². The molecule has 4 heteroatoms. The summed E-state index contributed by atoms with van der Waals surface area (Å²) in [5.41, 5.74) is 0. The maximum absolute atomic E-state index is 11.3. The summed E-state index contributed by atoms with van der Waals surface area (Å²) in [6.45, 7) is 2.12. The highest BCUT2D eigenvalue weighted by molar-refractivity contribution is 7.94. The first-order chi connectivity index (χ1) is 6.67. The van der Waals surface area contributed by atoms with Gasteiger partial charge in [-0.05, 0) is 25.9 Å². The van der Waals surface area contributed by atoms with E-state index in [0.717, 1.165) is 13.1 Å². The largest absolute Gasteiger partial charge is 0.296 e. The zero-order valence-electron chi connectivity index (χ0n) is 8.35. The minimum atomic E-state index is -2.88. The summed E-state index contributed by atoms with van der Waals surface area (Å²) in [6.07, 6.45) is 6.86. The van der Waals surface area contributed by atoms with Crippen molar-refractivity contribution in [3.8, 4) is 0 Å². The summed E-state index contributed by atoms with van der Waals surface area (Å²) >= 11 is 0. The van der Waals surface area contributed by atoms with E-state index in [-0.39, 0.29) is 6.04 Å². The molecule has 0 bridgehead atoms. The van der Waals surface area contributed by atoms with Crippen LogP contribution in [-0.4, -0.2) is 38.2 Å². The second kappa shape index (κ2) is 4.03. The predicted octanol–water partition coefficient (Wildman–Crippen LogP) is 1.17. The van der Waals surface area contributed by atoms with Crippen LogP contribution in [0.1, 0.15) is 25.7 Å². The van der Waals surface area contributed by atoms with Gasteiger partial charge in [0, 0.05) is 11.4 Å². The van der Waals surface area contributed by atoms with Crippen LogP contribution in [0, 0.1) is 0 Å². The Hall–Kier alpha value is -0.350. The zero-order chi connectivity index (χ0) is 10.0. The van der Waals surface area contributed by atoms with Crippen LogP contribution in [0.2, 0.25) is 0 Å². The Kier molecular flexibility index (Phi) is 2.93. The van der Waals surface area contributed by atoms with Gasteiger partial charge in [-0.2, -0.15) is 0 Å². The molecule has 0 unspecified atom stereocenters. The van der Waals surface area contributed by atoms with Crippen molar-refractivity contribution in [2.75, 3.05) is 18.8 Å². The molecule has 2 aliphatic rings. The second-order valence-corrected chi connectivity index (χ2v) is 6.11. The molecule has 0 amide bonds. The van der Waals surface area contributed by atoms with Crippen LogP contribution in [-0.2, 0) is 9.84 Å². The summed E-state index contributed by atoms with van der Waals surface area (Å²) in [5.74, 6) is 0.299. The van der Waals surface area contributed by atoms with Gasteiger partial charge in [0.25, 0.3) is 0 Å². The molecule has 1 atom stereocenters. The van der Waals surface area contributed by atoms with Gasteiger partial charge in [-0.1, -0.05) is 18.9 Å². The first-order valence-electron chi connectivity index (χ1n) is 5.32. The van der Waals surface area contributed by atoms with E-state index in [0.29, 0.717) is 5.75 Å². The fourth-order valence-corrected chi connectivity index (χ4v) is 3.54. The molecule has 1 saturated heterocycles. The van der Waals surface area contributed by atoms with Crippen molar-refractivity contribution >= 4 is 9.84 Å². The van der Waals surface area contributed by atoms with Crippen LogP contribution in [0.4, 0.5) is 0 Å². The van der Waals surface area contributed by atoms with E-state index < -0.39 is 9.84 Å². The molecule has 0 aliphatic carbocycles. The fraction of sp³-hybridized carbons (Fsp3) is 0.800. The predicted molar refractivity (Wildman–Crippen MR) is 56.8 cm³/mol. The Bertz CT molecular complexity index is 313. The van der Waals surface area contributed by atoms with E-state index in [1.165, 1.54) is 31.1 Å². The van der Waals surface area contributed by atoms with Crippen LogP contribution >= 0.6 is 0 Å². The van der Waals surface area contributed by atoms with E-state index in [9.17, 15) is 8.42 Å². The molecule has 0 spiro atoms. The van der Waals surface area contributed by atoms with Crippen LogP contribution in [0.5, 0.6) is 0 Å². The van der Waals surface area contributed by atoms with Gasteiger partial charge in [-0.15, -0.1) is 0 Å².